The second-order valence-corrected chi connectivity index (χ2v) is 6.61. The molecular formula is C14H9FN4O3S. The number of H-pyrrole nitrogens is 1. The van der Waals surface area contributed by atoms with Crippen LogP contribution in [0.15, 0.2) is 27.9 Å². The summed E-state index contributed by atoms with van der Waals surface area (Å²) in [6.07, 6.45) is 0.887. The van der Waals surface area contributed by atoms with Crippen LogP contribution in [0.3, 0.4) is 0 Å². The van der Waals surface area contributed by atoms with Crippen LogP contribution in [0.4, 0.5) is 10.2 Å². The van der Waals surface area contributed by atoms with Gasteiger partial charge in [0, 0.05) is 17.4 Å². The van der Waals surface area contributed by atoms with Gasteiger partial charge in [-0.15, -0.1) is 0 Å². The molecule has 1 heterocycles. The number of pyridine rings is 1. The number of benzene rings is 1. The number of hydrogen-bond donors (Lipinski definition) is 2. The van der Waals surface area contributed by atoms with Crippen molar-refractivity contribution in [3.63, 3.8) is 0 Å². The Morgan fingerprint density at radius 2 is 1.83 bits per heavy atom. The van der Waals surface area contributed by atoms with Gasteiger partial charge in [-0.1, -0.05) is 0 Å². The molecular weight excluding hydrogens is 323 g/mol. The van der Waals surface area contributed by atoms with E-state index in [4.69, 9.17) is 5.73 Å². The molecule has 9 heteroatoms. The molecule has 0 aliphatic carbocycles. The van der Waals surface area contributed by atoms with Crippen molar-refractivity contribution in [1.29, 1.82) is 10.5 Å². The van der Waals surface area contributed by atoms with Crippen molar-refractivity contribution in [2.45, 2.75) is 4.90 Å². The summed E-state index contributed by atoms with van der Waals surface area (Å²) in [5.74, 6) is -1.13. The monoisotopic (exact) mass is 332 g/mol. The fraction of sp³-hybridized carbons (Fsp3) is 0.0714. The first kappa shape index (κ1) is 16.2. The topological polar surface area (TPSA) is 141 Å². The van der Waals surface area contributed by atoms with E-state index in [1.807, 2.05) is 0 Å². The molecule has 116 valence electrons. The van der Waals surface area contributed by atoms with E-state index in [0.29, 0.717) is 0 Å². The summed E-state index contributed by atoms with van der Waals surface area (Å²) in [7, 11) is -3.81. The predicted molar refractivity (Wildman–Crippen MR) is 79.4 cm³/mol. The average Bonchev–Trinajstić information content (AvgIpc) is 2.45. The highest BCUT2D eigenvalue weighted by Crippen LogP contribution is 2.33. The second-order valence-electron chi connectivity index (χ2n) is 4.63. The van der Waals surface area contributed by atoms with E-state index < -0.39 is 26.8 Å². The molecule has 2 rings (SSSR count). The zero-order chi connectivity index (χ0) is 17.4. The SMILES string of the molecule is CS(=O)(=O)c1ccc(F)cc1-c1c(C#N)c(N)[nH]c(=O)c1C#N. The molecule has 3 N–H and O–H groups in total. The van der Waals surface area contributed by atoms with Crippen LogP contribution in [-0.2, 0) is 9.84 Å². The van der Waals surface area contributed by atoms with Gasteiger partial charge in [-0.3, -0.25) is 4.79 Å². The van der Waals surface area contributed by atoms with Gasteiger partial charge in [0.15, 0.2) is 9.84 Å². The standard InChI is InChI=1S/C14H9FN4O3S/c1-23(21,22)11-3-2-7(15)4-8(11)12-9(5-16)13(18)19-14(20)10(12)6-17/h2-4H,1H3,(H3,18,19,20). The zero-order valence-corrected chi connectivity index (χ0v) is 12.5. The predicted octanol–water partition coefficient (Wildman–Crippen LogP) is 0.910. The van der Waals surface area contributed by atoms with Crippen LogP contribution < -0.4 is 11.3 Å². The number of nitrogens with zero attached hydrogens (tertiary/aromatic N) is 2. The smallest absolute Gasteiger partial charge is 0.268 e. The summed E-state index contributed by atoms with van der Waals surface area (Å²) in [6.45, 7) is 0. The lowest BCUT2D eigenvalue weighted by Gasteiger charge is -2.12. The molecule has 0 unspecified atom stereocenters. The minimum atomic E-state index is -3.81. The van der Waals surface area contributed by atoms with Crippen molar-refractivity contribution >= 4 is 15.7 Å². The third-order valence-corrected chi connectivity index (χ3v) is 4.23. The summed E-state index contributed by atoms with van der Waals surface area (Å²) in [6, 6.07) is 6.06. The lowest BCUT2D eigenvalue weighted by Crippen LogP contribution is -2.17. The molecule has 0 amide bonds. The maximum Gasteiger partial charge on any atom is 0.268 e. The Hall–Kier alpha value is -3.17. The Morgan fingerprint density at radius 3 is 2.35 bits per heavy atom. The van der Waals surface area contributed by atoms with Gasteiger partial charge in [-0.2, -0.15) is 10.5 Å². The minimum Gasteiger partial charge on any atom is -0.384 e. The molecule has 2 aromatic rings. The quantitative estimate of drug-likeness (QED) is 0.783. The third kappa shape index (κ3) is 2.78. The van der Waals surface area contributed by atoms with Gasteiger partial charge in [0.25, 0.3) is 5.56 Å². The van der Waals surface area contributed by atoms with Gasteiger partial charge in [-0.25, -0.2) is 12.8 Å². The molecule has 1 aromatic heterocycles. The van der Waals surface area contributed by atoms with Gasteiger partial charge >= 0.3 is 0 Å². The number of halogens is 1. The average molecular weight is 332 g/mol. The Balaban J connectivity index is 3.12. The van der Waals surface area contributed by atoms with Crippen LogP contribution in [0.1, 0.15) is 11.1 Å². The molecule has 7 nitrogen and oxygen atoms in total. The van der Waals surface area contributed by atoms with E-state index in [2.05, 4.69) is 4.98 Å². The van der Waals surface area contributed by atoms with Crippen LogP contribution in [0.25, 0.3) is 11.1 Å². The number of aromatic nitrogens is 1. The van der Waals surface area contributed by atoms with Crippen molar-refractivity contribution in [3.05, 3.63) is 45.5 Å². The highest BCUT2D eigenvalue weighted by molar-refractivity contribution is 7.90. The lowest BCUT2D eigenvalue weighted by atomic mass is 9.96. The first-order valence-electron chi connectivity index (χ1n) is 6.06. The van der Waals surface area contributed by atoms with E-state index in [1.54, 1.807) is 12.1 Å². The summed E-state index contributed by atoms with van der Waals surface area (Å²) in [5.41, 5.74) is 3.25. The van der Waals surface area contributed by atoms with Crippen molar-refractivity contribution in [3.8, 4) is 23.3 Å². The van der Waals surface area contributed by atoms with Gasteiger partial charge in [0.1, 0.15) is 34.9 Å². The fourth-order valence-electron chi connectivity index (χ4n) is 2.13. The molecule has 0 spiro atoms. The normalized spacial score (nSPS) is 10.8. The van der Waals surface area contributed by atoms with Gasteiger partial charge < -0.3 is 10.7 Å². The molecule has 0 bridgehead atoms. The number of nitrogens with one attached hydrogen (secondary N) is 1. The molecule has 1 aromatic carbocycles. The number of anilines is 1. The molecule has 0 aliphatic heterocycles. The van der Waals surface area contributed by atoms with Crippen LogP contribution >= 0.6 is 0 Å². The Bertz CT molecular complexity index is 1060. The Labute approximate surface area is 130 Å². The molecule has 0 saturated carbocycles. The van der Waals surface area contributed by atoms with Gasteiger partial charge in [0.2, 0.25) is 0 Å². The Kier molecular flexibility index (Phi) is 3.91. The van der Waals surface area contributed by atoms with Gasteiger partial charge in [-0.05, 0) is 18.2 Å². The minimum absolute atomic E-state index is 0.265. The van der Waals surface area contributed by atoms with E-state index in [9.17, 15) is 28.1 Å². The lowest BCUT2D eigenvalue weighted by molar-refractivity contribution is 0.601. The fourth-order valence-corrected chi connectivity index (χ4v) is 3.01. The number of nitriles is 2. The first-order chi connectivity index (χ1) is 10.7. The largest absolute Gasteiger partial charge is 0.384 e. The first-order valence-corrected chi connectivity index (χ1v) is 7.95. The van der Waals surface area contributed by atoms with E-state index >= 15 is 0 Å². The number of sulfone groups is 1. The van der Waals surface area contributed by atoms with Crippen molar-refractivity contribution in [2.75, 3.05) is 12.0 Å². The molecule has 0 fully saturated rings. The number of nitrogen functional groups attached to an aromatic ring is 1. The zero-order valence-electron chi connectivity index (χ0n) is 11.7. The Morgan fingerprint density at radius 1 is 1.22 bits per heavy atom. The number of rotatable bonds is 2. The maximum absolute atomic E-state index is 13.6. The molecule has 0 atom stereocenters. The van der Waals surface area contributed by atoms with Crippen LogP contribution in [0.2, 0.25) is 0 Å². The van der Waals surface area contributed by atoms with E-state index in [-0.39, 0.29) is 27.4 Å². The molecule has 0 aliphatic rings. The van der Waals surface area contributed by atoms with Crippen molar-refractivity contribution in [1.82, 2.24) is 4.98 Å². The van der Waals surface area contributed by atoms with Crippen LogP contribution in [0.5, 0.6) is 0 Å². The van der Waals surface area contributed by atoms with E-state index in [0.717, 1.165) is 24.5 Å². The molecule has 23 heavy (non-hydrogen) atoms. The van der Waals surface area contributed by atoms with Crippen molar-refractivity contribution < 1.29 is 12.8 Å². The second kappa shape index (κ2) is 5.55. The number of aromatic amines is 1. The van der Waals surface area contributed by atoms with Crippen molar-refractivity contribution in [2.24, 2.45) is 0 Å². The summed E-state index contributed by atoms with van der Waals surface area (Å²) < 4.78 is 37.4. The van der Waals surface area contributed by atoms with E-state index in [1.165, 1.54) is 0 Å². The summed E-state index contributed by atoms with van der Waals surface area (Å²) in [4.78, 5) is 13.7. The third-order valence-electron chi connectivity index (χ3n) is 3.08. The van der Waals surface area contributed by atoms with Gasteiger partial charge in [0.05, 0.1) is 4.90 Å². The highest BCUT2D eigenvalue weighted by Gasteiger charge is 2.24. The summed E-state index contributed by atoms with van der Waals surface area (Å²) in [5, 5.41) is 18.4. The highest BCUT2D eigenvalue weighted by atomic mass is 32.2. The molecule has 0 saturated heterocycles. The number of hydrogen-bond acceptors (Lipinski definition) is 6. The number of nitrogens with two attached hydrogens (primary N) is 1. The molecule has 0 radical (unpaired) electrons. The van der Waals surface area contributed by atoms with Crippen LogP contribution in [-0.4, -0.2) is 19.7 Å². The van der Waals surface area contributed by atoms with Crippen LogP contribution in [0, 0.1) is 28.5 Å². The maximum atomic E-state index is 13.6. The summed E-state index contributed by atoms with van der Waals surface area (Å²) >= 11 is 0.